The number of esters is 1. The SMILES string of the molecule is CCCCC/C=C/CCCOC(=O)CC. The molecule has 2 heteroatoms. The molecule has 0 heterocycles. The van der Waals surface area contributed by atoms with Gasteiger partial charge in [-0.1, -0.05) is 38.8 Å². The van der Waals surface area contributed by atoms with Crippen molar-refractivity contribution in [3.63, 3.8) is 0 Å². The van der Waals surface area contributed by atoms with E-state index in [2.05, 4.69) is 19.1 Å². The van der Waals surface area contributed by atoms with Crippen LogP contribution >= 0.6 is 0 Å². The Bertz CT molecular complexity index is 173. The normalized spacial score (nSPS) is 10.8. The minimum atomic E-state index is -0.0954. The second-order valence-electron chi connectivity index (χ2n) is 3.68. The Balaban J connectivity index is 3.13. The number of rotatable bonds is 9. The fourth-order valence-electron chi connectivity index (χ4n) is 1.24. The van der Waals surface area contributed by atoms with Gasteiger partial charge in [0.05, 0.1) is 6.61 Å². The van der Waals surface area contributed by atoms with Crippen molar-refractivity contribution < 1.29 is 9.53 Å². The van der Waals surface area contributed by atoms with E-state index < -0.39 is 0 Å². The molecule has 0 bridgehead atoms. The van der Waals surface area contributed by atoms with Crippen molar-refractivity contribution in [1.29, 1.82) is 0 Å². The summed E-state index contributed by atoms with van der Waals surface area (Å²) in [7, 11) is 0. The molecule has 0 aromatic carbocycles. The zero-order valence-corrected chi connectivity index (χ0v) is 10.1. The van der Waals surface area contributed by atoms with Crippen molar-refractivity contribution in [1.82, 2.24) is 0 Å². The second-order valence-corrected chi connectivity index (χ2v) is 3.68. The fourth-order valence-corrected chi connectivity index (χ4v) is 1.24. The molecule has 0 saturated heterocycles. The van der Waals surface area contributed by atoms with E-state index in [9.17, 15) is 4.79 Å². The Labute approximate surface area is 93.7 Å². The zero-order valence-electron chi connectivity index (χ0n) is 10.1. The molecule has 0 atom stereocenters. The van der Waals surface area contributed by atoms with E-state index in [1.807, 2.05) is 6.92 Å². The van der Waals surface area contributed by atoms with Gasteiger partial charge in [-0.2, -0.15) is 0 Å². The summed E-state index contributed by atoms with van der Waals surface area (Å²) in [5.41, 5.74) is 0. The van der Waals surface area contributed by atoms with Crippen molar-refractivity contribution in [2.45, 2.75) is 58.8 Å². The molecule has 15 heavy (non-hydrogen) atoms. The molecule has 0 radical (unpaired) electrons. The molecule has 0 rings (SSSR count). The smallest absolute Gasteiger partial charge is 0.305 e. The van der Waals surface area contributed by atoms with Crippen molar-refractivity contribution >= 4 is 5.97 Å². The van der Waals surface area contributed by atoms with E-state index >= 15 is 0 Å². The highest BCUT2D eigenvalue weighted by Gasteiger charge is 1.95. The van der Waals surface area contributed by atoms with Crippen LogP contribution in [0.2, 0.25) is 0 Å². The Hall–Kier alpha value is -0.790. The molecule has 0 aromatic rings. The molecule has 0 aromatic heterocycles. The number of allylic oxidation sites excluding steroid dienone is 2. The van der Waals surface area contributed by atoms with Crippen LogP contribution in [0.5, 0.6) is 0 Å². The topological polar surface area (TPSA) is 26.3 Å². The number of unbranched alkanes of at least 4 members (excludes halogenated alkanes) is 4. The average molecular weight is 212 g/mol. The predicted molar refractivity (Wildman–Crippen MR) is 63.8 cm³/mol. The van der Waals surface area contributed by atoms with Gasteiger partial charge in [-0.3, -0.25) is 4.79 Å². The first-order valence-electron chi connectivity index (χ1n) is 6.11. The van der Waals surface area contributed by atoms with Gasteiger partial charge in [-0.15, -0.1) is 0 Å². The predicted octanol–water partition coefficient (Wildman–Crippen LogP) is 3.86. The highest BCUT2D eigenvalue weighted by Crippen LogP contribution is 2.01. The summed E-state index contributed by atoms with van der Waals surface area (Å²) in [6, 6.07) is 0. The van der Waals surface area contributed by atoms with E-state index in [0.29, 0.717) is 13.0 Å². The lowest BCUT2D eigenvalue weighted by Crippen LogP contribution is -2.03. The molecule has 0 amide bonds. The van der Waals surface area contributed by atoms with Gasteiger partial charge in [0.1, 0.15) is 0 Å². The molecule has 0 unspecified atom stereocenters. The lowest BCUT2D eigenvalue weighted by molar-refractivity contribution is -0.143. The average Bonchev–Trinajstić information content (AvgIpc) is 2.26. The van der Waals surface area contributed by atoms with Crippen LogP contribution in [0.3, 0.4) is 0 Å². The number of ether oxygens (including phenoxy) is 1. The van der Waals surface area contributed by atoms with Gasteiger partial charge in [-0.25, -0.2) is 0 Å². The van der Waals surface area contributed by atoms with Crippen molar-refractivity contribution in [2.75, 3.05) is 6.61 Å². The first-order chi connectivity index (χ1) is 7.31. The van der Waals surface area contributed by atoms with E-state index in [-0.39, 0.29) is 5.97 Å². The lowest BCUT2D eigenvalue weighted by Gasteiger charge is -2.00. The maximum Gasteiger partial charge on any atom is 0.305 e. The van der Waals surface area contributed by atoms with E-state index in [1.54, 1.807) is 0 Å². The Morgan fingerprint density at radius 2 is 1.73 bits per heavy atom. The third-order valence-electron chi connectivity index (χ3n) is 2.21. The first kappa shape index (κ1) is 14.2. The van der Waals surface area contributed by atoms with Gasteiger partial charge in [0.25, 0.3) is 0 Å². The Kier molecular flexibility index (Phi) is 10.7. The van der Waals surface area contributed by atoms with Crippen LogP contribution in [0.15, 0.2) is 12.2 Å². The second kappa shape index (κ2) is 11.3. The zero-order chi connectivity index (χ0) is 11.4. The summed E-state index contributed by atoms with van der Waals surface area (Å²) in [6.45, 7) is 4.59. The van der Waals surface area contributed by atoms with Gasteiger partial charge < -0.3 is 4.74 Å². The molecular formula is C13H24O2. The minimum absolute atomic E-state index is 0.0954. The van der Waals surface area contributed by atoms with E-state index in [1.165, 1.54) is 25.7 Å². The largest absolute Gasteiger partial charge is 0.466 e. The molecule has 0 N–H and O–H groups in total. The molecule has 0 saturated carbocycles. The van der Waals surface area contributed by atoms with Crippen LogP contribution in [0.4, 0.5) is 0 Å². The fraction of sp³-hybridized carbons (Fsp3) is 0.769. The molecule has 0 aliphatic rings. The number of hydrogen-bond donors (Lipinski definition) is 0. The maximum absolute atomic E-state index is 10.8. The minimum Gasteiger partial charge on any atom is -0.466 e. The number of carbonyl (C=O) groups excluding carboxylic acids is 1. The molecule has 2 nitrogen and oxygen atoms in total. The lowest BCUT2D eigenvalue weighted by atomic mass is 10.2. The third kappa shape index (κ3) is 11.1. The molecule has 0 spiro atoms. The summed E-state index contributed by atoms with van der Waals surface area (Å²) in [5.74, 6) is -0.0954. The quantitative estimate of drug-likeness (QED) is 0.329. The van der Waals surface area contributed by atoms with Crippen molar-refractivity contribution in [2.24, 2.45) is 0 Å². The number of carbonyl (C=O) groups is 1. The van der Waals surface area contributed by atoms with Crippen LogP contribution in [-0.4, -0.2) is 12.6 Å². The maximum atomic E-state index is 10.8. The highest BCUT2D eigenvalue weighted by molar-refractivity contribution is 5.68. The van der Waals surface area contributed by atoms with Crippen LogP contribution in [0, 0.1) is 0 Å². The Morgan fingerprint density at radius 3 is 2.33 bits per heavy atom. The van der Waals surface area contributed by atoms with Gasteiger partial charge in [0.2, 0.25) is 0 Å². The monoisotopic (exact) mass is 212 g/mol. The highest BCUT2D eigenvalue weighted by atomic mass is 16.5. The third-order valence-corrected chi connectivity index (χ3v) is 2.21. The van der Waals surface area contributed by atoms with Crippen molar-refractivity contribution in [3.05, 3.63) is 12.2 Å². The van der Waals surface area contributed by atoms with Gasteiger partial charge in [0.15, 0.2) is 0 Å². The molecule has 0 aliphatic heterocycles. The standard InChI is InChI=1S/C13H24O2/c1-3-5-6-7-8-9-10-11-12-15-13(14)4-2/h8-9H,3-7,10-12H2,1-2H3/b9-8+. The van der Waals surface area contributed by atoms with E-state index in [0.717, 1.165) is 12.8 Å². The number of hydrogen-bond acceptors (Lipinski definition) is 2. The van der Waals surface area contributed by atoms with Gasteiger partial charge in [0, 0.05) is 6.42 Å². The molecule has 0 fully saturated rings. The molecule has 0 aliphatic carbocycles. The summed E-state index contributed by atoms with van der Waals surface area (Å²) < 4.78 is 4.96. The summed E-state index contributed by atoms with van der Waals surface area (Å²) >= 11 is 0. The molecular weight excluding hydrogens is 188 g/mol. The van der Waals surface area contributed by atoms with Gasteiger partial charge in [-0.05, 0) is 25.7 Å². The Morgan fingerprint density at radius 1 is 1.07 bits per heavy atom. The van der Waals surface area contributed by atoms with Gasteiger partial charge >= 0.3 is 5.97 Å². The van der Waals surface area contributed by atoms with Crippen LogP contribution in [0.25, 0.3) is 0 Å². The summed E-state index contributed by atoms with van der Waals surface area (Å²) in [4.78, 5) is 10.8. The molecule has 88 valence electrons. The van der Waals surface area contributed by atoms with E-state index in [4.69, 9.17) is 4.74 Å². The van der Waals surface area contributed by atoms with Crippen molar-refractivity contribution in [3.8, 4) is 0 Å². The van der Waals surface area contributed by atoms with Crippen LogP contribution in [0.1, 0.15) is 58.8 Å². The van der Waals surface area contributed by atoms with Crippen LogP contribution < -0.4 is 0 Å². The summed E-state index contributed by atoms with van der Waals surface area (Å²) in [6.07, 6.45) is 11.9. The van der Waals surface area contributed by atoms with Crippen LogP contribution in [-0.2, 0) is 9.53 Å². The summed E-state index contributed by atoms with van der Waals surface area (Å²) in [5, 5.41) is 0. The first-order valence-corrected chi connectivity index (χ1v) is 6.11.